The molecule has 0 atom stereocenters. The van der Waals surface area contributed by atoms with Crippen LogP contribution in [-0.2, 0) is 10.0 Å². The maximum atomic E-state index is 11.7. The van der Waals surface area contributed by atoms with Crippen LogP contribution in [0.4, 0.5) is 0 Å². The van der Waals surface area contributed by atoms with Crippen molar-refractivity contribution in [2.45, 2.75) is 25.4 Å². The molecule has 15 heavy (non-hydrogen) atoms. The summed E-state index contributed by atoms with van der Waals surface area (Å²) in [6.45, 7) is 2.38. The lowest BCUT2D eigenvalue weighted by atomic mass is 9.95. The van der Waals surface area contributed by atoms with Crippen molar-refractivity contribution < 1.29 is 13.5 Å². The van der Waals surface area contributed by atoms with Crippen LogP contribution in [0.3, 0.4) is 0 Å². The van der Waals surface area contributed by atoms with Crippen molar-refractivity contribution in [3.63, 3.8) is 0 Å². The molecule has 1 heterocycles. The number of aliphatic hydroxyl groups is 1. The Morgan fingerprint density at radius 2 is 2.00 bits per heavy atom. The zero-order chi connectivity index (χ0) is 11.7. The molecule has 3 N–H and O–H groups in total. The SMILES string of the molecule is CC1(O)CCN(S(=O)(=O)CC(N)=S)CC1. The van der Waals surface area contributed by atoms with Gasteiger partial charge in [0, 0.05) is 13.1 Å². The van der Waals surface area contributed by atoms with E-state index in [0.29, 0.717) is 25.9 Å². The van der Waals surface area contributed by atoms with Gasteiger partial charge in [0.05, 0.1) is 10.6 Å². The zero-order valence-electron chi connectivity index (χ0n) is 8.64. The van der Waals surface area contributed by atoms with Gasteiger partial charge in [-0.2, -0.15) is 0 Å². The van der Waals surface area contributed by atoms with Gasteiger partial charge in [-0.05, 0) is 19.8 Å². The van der Waals surface area contributed by atoms with Gasteiger partial charge in [-0.25, -0.2) is 12.7 Å². The Morgan fingerprint density at radius 1 is 1.53 bits per heavy atom. The van der Waals surface area contributed by atoms with Crippen molar-refractivity contribution in [3.05, 3.63) is 0 Å². The van der Waals surface area contributed by atoms with Gasteiger partial charge < -0.3 is 10.8 Å². The van der Waals surface area contributed by atoms with E-state index in [0.717, 1.165) is 0 Å². The Bertz CT molecular complexity index is 341. The molecule has 0 bridgehead atoms. The molecule has 0 saturated carbocycles. The minimum absolute atomic E-state index is 0.0210. The second-order valence-corrected chi connectivity index (χ2v) is 6.61. The van der Waals surface area contributed by atoms with Gasteiger partial charge in [0.25, 0.3) is 0 Å². The lowest BCUT2D eigenvalue weighted by Crippen LogP contribution is -2.46. The highest BCUT2D eigenvalue weighted by atomic mass is 32.2. The topological polar surface area (TPSA) is 83.6 Å². The van der Waals surface area contributed by atoms with E-state index in [-0.39, 0.29) is 10.7 Å². The Hall–Kier alpha value is -0.240. The fourth-order valence-electron chi connectivity index (χ4n) is 1.52. The van der Waals surface area contributed by atoms with Gasteiger partial charge in [-0.15, -0.1) is 0 Å². The third kappa shape index (κ3) is 3.67. The Kier molecular flexibility index (Phi) is 3.70. The number of hydrogen-bond acceptors (Lipinski definition) is 4. The first kappa shape index (κ1) is 12.8. The Balaban J connectivity index is 2.64. The summed E-state index contributed by atoms with van der Waals surface area (Å²) in [5, 5.41) is 9.67. The highest BCUT2D eigenvalue weighted by Crippen LogP contribution is 2.22. The summed E-state index contributed by atoms with van der Waals surface area (Å²) in [4.78, 5) is -0.0210. The van der Waals surface area contributed by atoms with E-state index in [2.05, 4.69) is 12.2 Å². The van der Waals surface area contributed by atoms with E-state index >= 15 is 0 Å². The number of hydrogen-bond donors (Lipinski definition) is 2. The van der Waals surface area contributed by atoms with Crippen molar-refractivity contribution in [2.24, 2.45) is 5.73 Å². The van der Waals surface area contributed by atoms with Gasteiger partial charge in [-0.1, -0.05) is 12.2 Å². The standard InChI is InChI=1S/C8H16N2O3S2/c1-8(11)2-4-10(5-3-8)15(12,13)6-7(9)14/h11H,2-6H2,1H3,(H2,9,14). The first-order valence-electron chi connectivity index (χ1n) is 4.71. The number of thiocarbonyl (C=S) groups is 1. The van der Waals surface area contributed by atoms with E-state index in [1.54, 1.807) is 6.92 Å². The molecule has 1 aliphatic heterocycles. The Labute approximate surface area is 95.3 Å². The summed E-state index contributed by atoms with van der Waals surface area (Å²) < 4.78 is 24.7. The maximum absolute atomic E-state index is 11.7. The van der Waals surface area contributed by atoms with E-state index in [4.69, 9.17) is 5.73 Å². The molecule has 0 aromatic rings. The molecule has 0 amide bonds. The molecular weight excluding hydrogens is 236 g/mol. The normalized spacial score (nSPS) is 22.5. The number of rotatable bonds is 3. The number of piperidine rings is 1. The maximum Gasteiger partial charge on any atom is 0.220 e. The molecular formula is C8H16N2O3S2. The molecule has 0 unspecified atom stereocenters. The van der Waals surface area contributed by atoms with Gasteiger partial charge >= 0.3 is 0 Å². The second kappa shape index (κ2) is 4.32. The fraction of sp³-hybridized carbons (Fsp3) is 0.875. The van der Waals surface area contributed by atoms with Crippen LogP contribution >= 0.6 is 12.2 Å². The number of nitrogens with zero attached hydrogens (tertiary/aromatic N) is 1. The zero-order valence-corrected chi connectivity index (χ0v) is 10.3. The van der Waals surface area contributed by atoms with Crippen LogP contribution in [0, 0.1) is 0 Å². The molecule has 7 heteroatoms. The summed E-state index contributed by atoms with van der Waals surface area (Å²) in [5.74, 6) is -0.287. The summed E-state index contributed by atoms with van der Waals surface area (Å²) >= 11 is 4.58. The van der Waals surface area contributed by atoms with Gasteiger partial charge in [0.2, 0.25) is 10.0 Å². The van der Waals surface area contributed by atoms with Crippen LogP contribution in [0.15, 0.2) is 0 Å². The molecule has 0 radical (unpaired) electrons. The third-order valence-electron chi connectivity index (χ3n) is 2.52. The van der Waals surface area contributed by atoms with Crippen molar-refractivity contribution in [1.82, 2.24) is 4.31 Å². The van der Waals surface area contributed by atoms with E-state index in [9.17, 15) is 13.5 Å². The van der Waals surface area contributed by atoms with Crippen molar-refractivity contribution >= 4 is 27.2 Å². The molecule has 88 valence electrons. The predicted molar refractivity (Wildman–Crippen MR) is 62.0 cm³/mol. The quantitative estimate of drug-likeness (QED) is 0.658. The monoisotopic (exact) mass is 252 g/mol. The smallest absolute Gasteiger partial charge is 0.220 e. The van der Waals surface area contributed by atoms with Gasteiger partial charge in [0.1, 0.15) is 5.75 Å². The molecule has 0 aliphatic carbocycles. The minimum atomic E-state index is -3.38. The average Bonchev–Trinajstić information content (AvgIpc) is 2.00. The Morgan fingerprint density at radius 3 is 2.40 bits per heavy atom. The number of sulfonamides is 1. The minimum Gasteiger partial charge on any atom is -0.392 e. The first-order valence-corrected chi connectivity index (χ1v) is 6.73. The van der Waals surface area contributed by atoms with Crippen LogP contribution in [0.2, 0.25) is 0 Å². The lowest BCUT2D eigenvalue weighted by Gasteiger charge is -2.34. The van der Waals surface area contributed by atoms with Crippen LogP contribution in [-0.4, -0.2) is 47.3 Å². The molecule has 5 nitrogen and oxygen atoms in total. The molecule has 1 rings (SSSR count). The van der Waals surface area contributed by atoms with Gasteiger partial charge in [-0.3, -0.25) is 0 Å². The van der Waals surface area contributed by atoms with E-state index in [1.165, 1.54) is 4.31 Å². The molecule has 1 aliphatic rings. The first-order chi connectivity index (χ1) is 6.73. The molecule has 0 aromatic heterocycles. The van der Waals surface area contributed by atoms with E-state index in [1.807, 2.05) is 0 Å². The second-order valence-electron chi connectivity index (χ2n) is 4.12. The average molecular weight is 252 g/mol. The van der Waals surface area contributed by atoms with Crippen LogP contribution in [0.1, 0.15) is 19.8 Å². The molecule has 1 saturated heterocycles. The fourth-order valence-corrected chi connectivity index (χ4v) is 3.24. The summed E-state index contributed by atoms with van der Waals surface area (Å²) in [7, 11) is -3.38. The van der Waals surface area contributed by atoms with Crippen molar-refractivity contribution in [2.75, 3.05) is 18.8 Å². The highest BCUT2D eigenvalue weighted by Gasteiger charge is 2.33. The summed E-state index contributed by atoms with van der Waals surface area (Å²) in [6.07, 6.45) is 0.896. The molecule has 0 aromatic carbocycles. The van der Waals surface area contributed by atoms with Crippen LogP contribution < -0.4 is 5.73 Å². The molecule has 1 fully saturated rings. The highest BCUT2D eigenvalue weighted by molar-refractivity contribution is 7.92. The summed E-state index contributed by atoms with van der Waals surface area (Å²) in [5.41, 5.74) is 4.46. The van der Waals surface area contributed by atoms with Gasteiger partial charge in [0.15, 0.2) is 0 Å². The van der Waals surface area contributed by atoms with Crippen LogP contribution in [0.25, 0.3) is 0 Å². The van der Waals surface area contributed by atoms with Crippen LogP contribution in [0.5, 0.6) is 0 Å². The van der Waals surface area contributed by atoms with E-state index < -0.39 is 15.6 Å². The summed E-state index contributed by atoms with van der Waals surface area (Å²) in [6, 6.07) is 0. The lowest BCUT2D eigenvalue weighted by molar-refractivity contribution is 0.0127. The van der Waals surface area contributed by atoms with Crippen molar-refractivity contribution in [1.29, 1.82) is 0 Å². The molecule has 0 spiro atoms. The number of nitrogens with two attached hydrogens (primary N) is 1. The largest absolute Gasteiger partial charge is 0.392 e. The van der Waals surface area contributed by atoms with Crippen molar-refractivity contribution in [3.8, 4) is 0 Å². The third-order valence-corrected chi connectivity index (χ3v) is 4.67. The predicted octanol–water partition coefficient (Wildman–Crippen LogP) is -0.551.